The van der Waals surface area contributed by atoms with Crippen LogP contribution in [0.15, 0.2) is 74.2 Å². The van der Waals surface area contributed by atoms with Gasteiger partial charge in [-0.3, -0.25) is 0 Å². The number of para-hydroxylation sites is 1. The number of rotatable bonds is 5. The van der Waals surface area contributed by atoms with Crippen molar-refractivity contribution in [3.05, 3.63) is 60.4 Å². The fourth-order valence-electron chi connectivity index (χ4n) is 2.04. The SMILES string of the molecule is Cc1onc(Nc2ccccc2)c1N=Nc1ccc(S(N)(=O)=O)cc1. The third-order valence-electron chi connectivity index (χ3n) is 3.30. The number of aromatic nitrogens is 1. The van der Waals surface area contributed by atoms with E-state index in [1.807, 2.05) is 30.3 Å². The van der Waals surface area contributed by atoms with Crippen molar-refractivity contribution in [2.24, 2.45) is 15.4 Å². The first-order valence-corrected chi connectivity index (χ1v) is 8.81. The Bertz CT molecular complexity index is 996. The van der Waals surface area contributed by atoms with E-state index in [9.17, 15) is 8.42 Å². The van der Waals surface area contributed by atoms with Gasteiger partial charge in [0.2, 0.25) is 15.8 Å². The molecule has 0 aliphatic rings. The molecule has 9 heteroatoms. The van der Waals surface area contributed by atoms with Crippen LogP contribution in [0.3, 0.4) is 0 Å². The standard InChI is InChI=1S/C16H15N5O3S/c1-11-15(16(21-24-11)18-12-5-3-2-4-6-12)20-19-13-7-9-14(10-8-13)25(17,22)23/h2-10H,1H3,(H,18,21)(H2,17,22,23). The summed E-state index contributed by atoms with van der Waals surface area (Å²) >= 11 is 0. The van der Waals surface area contributed by atoms with Crippen molar-refractivity contribution >= 4 is 32.9 Å². The van der Waals surface area contributed by atoms with Crippen LogP contribution in [0.5, 0.6) is 0 Å². The Hall–Kier alpha value is -3.04. The van der Waals surface area contributed by atoms with Gasteiger partial charge in [-0.15, -0.1) is 5.11 Å². The van der Waals surface area contributed by atoms with E-state index in [0.29, 0.717) is 23.0 Å². The molecule has 0 fully saturated rings. The number of hydrogen-bond donors (Lipinski definition) is 2. The van der Waals surface area contributed by atoms with Crippen LogP contribution in [-0.2, 0) is 10.0 Å². The van der Waals surface area contributed by atoms with Gasteiger partial charge in [-0.2, -0.15) is 5.11 Å². The van der Waals surface area contributed by atoms with Gasteiger partial charge in [0, 0.05) is 5.69 Å². The zero-order chi connectivity index (χ0) is 17.9. The minimum Gasteiger partial charge on any atom is -0.357 e. The van der Waals surface area contributed by atoms with E-state index in [2.05, 4.69) is 20.7 Å². The average Bonchev–Trinajstić information content (AvgIpc) is 2.93. The fourth-order valence-corrected chi connectivity index (χ4v) is 2.55. The second kappa shape index (κ2) is 6.83. The van der Waals surface area contributed by atoms with Gasteiger partial charge in [-0.25, -0.2) is 13.6 Å². The number of anilines is 2. The average molecular weight is 357 g/mol. The van der Waals surface area contributed by atoms with Gasteiger partial charge < -0.3 is 9.84 Å². The molecule has 0 bridgehead atoms. The lowest BCUT2D eigenvalue weighted by molar-refractivity contribution is 0.400. The smallest absolute Gasteiger partial charge is 0.238 e. The number of aryl methyl sites for hydroxylation is 1. The minimum atomic E-state index is -3.73. The molecule has 0 atom stereocenters. The predicted octanol–water partition coefficient (Wildman–Crippen LogP) is 3.79. The monoisotopic (exact) mass is 357 g/mol. The highest BCUT2D eigenvalue weighted by Gasteiger charge is 2.13. The Morgan fingerprint density at radius 3 is 2.36 bits per heavy atom. The number of nitrogens with one attached hydrogen (secondary N) is 1. The third kappa shape index (κ3) is 4.08. The van der Waals surface area contributed by atoms with Crippen molar-refractivity contribution < 1.29 is 12.9 Å². The maximum Gasteiger partial charge on any atom is 0.238 e. The highest BCUT2D eigenvalue weighted by molar-refractivity contribution is 7.89. The van der Waals surface area contributed by atoms with Crippen molar-refractivity contribution in [2.45, 2.75) is 11.8 Å². The molecule has 2 aromatic carbocycles. The van der Waals surface area contributed by atoms with E-state index < -0.39 is 10.0 Å². The Labute approximate surface area is 144 Å². The molecule has 0 amide bonds. The van der Waals surface area contributed by atoms with Crippen LogP contribution < -0.4 is 10.5 Å². The maximum absolute atomic E-state index is 11.2. The summed E-state index contributed by atoms with van der Waals surface area (Å²) in [6.45, 7) is 1.72. The molecule has 1 aromatic heterocycles. The Morgan fingerprint density at radius 1 is 1.04 bits per heavy atom. The second-order valence-electron chi connectivity index (χ2n) is 5.17. The molecule has 3 N–H and O–H groups in total. The number of azo groups is 1. The lowest BCUT2D eigenvalue weighted by atomic mass is 10.3. The van der Waals surface area contributed by atoms with Crippen LogP contribution in [0.4, 0.5) is 22.9 Å². The van der Waals surface area contributed by atoms with Crippen LogP contribution in [0.1, 0.15) is 5.76 Å². The molecule has 3 rings (SSSR count). The van der Waals surface area contributed by atoms with Crippen LogP contribution >= 0.6 is 0 Å². The Balaban J connectivity index is 1.83. The minimum absolute atomic E-state index is 0.0130. The van der Waals surface area contributed by atoms with Gasteiger partial charge in [-0.1, -0.05) is 23.4 Å². The van der Waals surface area contributed by atoms with Gasteiger partial charge >= 0.3 is 0 Å². The lowest BCUT2D eigenvalue weighted by Gasteiger charge is -2.02. The number of nitrogens with two attached hydrogens (primary N) is 1. The first kappa shape index (κ1) is 16.8. The number of hydrogen-bond acceptors (Lipinski definition) is 7. The lowest BCUT2D eigenvalue weighted by Crippen LogP contribution is -2.11. The first-order valence-electron chi connectivity index (χ1n) is 7.26. The molecule has 0 saturated carbocycles. The van der Waals surface area contributed by atoms with Crippen LogP contribution in [0.25, 0.3) is 0 Å². The largest absolute Gasteiger partial charge is 0.357 e. The summed E-state index contributed by atoms with van der Waals surface area (Å²) in [4.78, 5) is 0.0130. The molecule has 3 aromatic rings. The van der Waals surface area contributed by atoms with Gasteiger partial charge in [-0.05, 0) is 43.3 Å². The molecule has 1 heterocycles. The van der Waals surface area contributed by atoms with Crippen molar-refractivity contribution in [2.75, 3.05) is 5.32 Å². The highest BCUT2D eigenvalue weighted by atomic mass is 32.2. The summed E-state index contributed by atoms with van der Waals surface area (Å²) in [5, 5.41) is 20.3. The van der Waals surface area contributed by atoms with E-state index in [1.54, 1.807) is 6.92 Å². The number of primary sulfonamides is 1. The molecular weight excluding hydrogens is 342 g/mol. The molecule has 0 radical (unpaired) electrons. The number of nitrogens with zero attached hydrogens (tertiary/aromatic N) is 3. The molecule has 128 valence electrons. The van der Waals surface area contributed by atoms with E-state index in [-0.39, 0.29) is 4.90 Å². The molecule has 0 unspecified atom stereocenters. The van der Waals surface area contributed by atoms with Crippen LogP contribution in [0.2, 0.25) is 0 Å². The third-order valence-corrected chi connectivity index (χ3v) is 4.23. The van der Waals surface area contributed by atoms with E-state index >= 15 is 0 Å². The van der Waals surface area contributed by atoms with Crippen LogP contribution in [-0.4, -0.2) is 13.6 Å². The van der Waals surface area contributed by atoms with Gasteiger partial charge in [0.1, 0.15) is 0 Å². The van der Waals surface area contributed by atoms with Crippen molar-refractivity contribution in [1.29, 1.82) is 0 Å². The molecular formula is C16H15N5O3S. The Morgan fingerprint density at radius 2 is 1.72 bits per heavy atom. The fraction of sp³-hybridized carbons (Fsp3) is 0.0625. The normalized spacial score (nSPS) is 11.8. The number of benzene rings is 2. The maximum atomic E-state index is 11.2. The summed E-state index contributed by atoms with van der Waals surface area (Å²) in [5.41, 5.74) is 1.77. The highest BCUT2D eigenvalue weighted by Crippen LogP contribution is 2.32. The summed E-state index contributed by atoms with van der Waals surface area (Å²) < 4.78 is 27.7. The van der Waals surface area contributed by atoms with Gasteiger partial charge in [0.15, 0.2) is 11.4 Å². The van der Waals surface area contributed by atoms with Crippen LogP contribution in [0, 0.1) is 6.92 Å². The summed E-state index contributed by atoms with van der Waals surface area (Å²) in [6.07, 6.45) is 0. The van der Waals surface area contributed by atoms with E-state index in [4.69, 9.17) is 9.66 Å². The zero-order valence-electron chi connectivity index (χ0n) is 13.2. The molecule has 25 heavy (non-hydrogen) atoms. The first-order chi connectivity index (χ1) is 11.9. The summed E-state index contributed by atoms with van der Waals surface area (Å²) in [5.74, 6) is 0.942. The van der Waals surface area contributed by atoms with Crippen molar-refractivity contribution in [1.82, 2.24) is 5.16 Å². The molecule has 0 spiro atoms. The van der Waals surface area contributed by atoms with Crippen molar-refractivity contribution in [3.8, 4) is 0 Å². The second-order valence-corrected chi connectivity index (χ2v) is 6.73. The van der Waals surface area contributed by atoms with Gasteiger partial charge in [0.25, 0.3) is 0 Å². The predicted molar refractivity (Wildman–Crippen MR) is 93.0 cm³/mol. The molecule has 0 aliphatic carbocycles. The molecule has 0 saturated heterocycles. The van der Waals surface area contributed by atoms with Gasteiger partial charge in [0.05, 0.1) is 10.6 Å². The molecule has 8 nitrogen and oxygen atoms in total. The van der Waals surface area contributed by atoms with E-state index in [1.165, 1.54) is 24.3 Å². The Kier molecular flexibility index (Phi) is 4.59. The zero-order valence-corrected chi connectivity index (χ0v) is 14.1. The molecule has 0 aliphatic heterocycles. The topological polar surface area (TPSA) is 123 Å². The quantitative estimate of drug-likeness (QED) is 0.672. The van der Waals surface area contributed by atoms with Crippen molar-refractivity contribution in [3.63, 3.8) is 0 Å². The summed E-state index contributed by atoms with van der Waals surface area (Å²) in [7, 11) is -3.73. The summed E-state index contributed by atoms with van der Waals surface area (Å²) in [6, 6.07) is 15.2. The van der Waals surface area contributed by atoms with E-state index in [0.717, 1.165) is 5.69 Å². The number of sulfonamides is 1.